The maximum Gasteiger partial charge on any atom is 0.418 e. The first-order valence-corrected chi connectivity index (χ1v) is 14.5. The van der Waals surface area contributed by atoms with Crippen molar-refractivity contribution in [1.29, 1.82) is 0 Å². The maximum absolute atomic E-state index is 13.8. The van der Waals surface area contributed by atoms with E-state index in [0.29, 0.717) is 48.8 Å². The molecule has 0 spiro atoms. The highest BCUT2D eigenvalue weighted by molar-refractivity contribution is 7.71. The van der Waals surface area contributed by atoms with E-state index in [4.69, 9.17) is 14.2 Å². The average molecular weight is 554 g/mol. The second-order valence-corrected chi connectivity index (χ2v) is 12.7. The van der Waals surface area contributed by atoms with Crippen LogP contribution in [-0.4, -0.2) is 86.9 Å². The third-order valence-corrected chi connectivity index (χ3v) is 10.2. The Morgan fingerprint density at radius 2 is 1.95 bits per heavy atom. The molecule has 0 bridgehead atoms. The number of nitrogens with one attached hydrogen (secondary N) is 3. The molecule has 0 atom stereocenters. The van der Waals surface area contributed by atoms with Crippen molar-refractivity contribution in [2.45, 2.75) is 12.2 Å². The van der Waals surface area contributed by atoms with Crippen LogP contribution in [0.5, 0.6) is 5.75 Å². The molecule has 2 aliphatic rings. The van der Waals surface area contributed by atoms with Crippen LogP contribution in [0.1, 0.15) is 5.56 Å². The Hall–Kier alpha value is -2.79. The van der Waals surface area contributed by atoms with Crippen LogP contribution in [0.15, 0.2) is 30.5 Å². The van der Waals surface area contributed by atoms with Crippen LogP contribution < -0.4 is 20.7 Å². The molecule has 2 aliphatic heterocycles. The number of ether oxygens (including phenoxy) is 3. The molecule has 13 heteroatoms. The molecule has 0 unspecified atom stereocenters. The molecular weight excluding hydrogens is 522 g/mol. The summed E-state index contributed by atoms with van der Waals surface area (Å²) in [6.45, 7) is 3.65. The highest BCUT2D eigenvalue weighted by Crippen LogP contribution is 2.48. The van der Waals surface area contributed by atoms with Gasteiger partial charge in [0.2, 0.25) is 0 Å². The molecule has 4 heterocycles. The molecule has 0 radical (unpaired) electrons. The van der Waals surface area contributed by atoms with Gasteiger partial charge < -0.3 is 34.4 Å². The van der Waals surface area contributed by atoms with Crippen LogP contribution in [-0.2, 0) is 20.2 Å². The smallest absolute Gasteiger partial charge is 0.418 e. The van der Waals surface area contributed by atoms with Crippen molar-refractivity contribution in [3.63, 3.8) is 0 Å². The van der Waals surface area contributed by atoms with Gasteiger partial charge in [-0.05, 0) is 18.2 Å². The van der Waals surface area contributed by atoms with E-state index in [2.05, 4.69) is 25.5 Å². The topological polar surface area (TPSA) is 101 Å². The Labute approximate surface area is 218 Å². The van der Waals surface area contributed by atoms with Gasteiger partial charge in [-0.15, -0.1) is 0 Å². The number of H-pyrrole nitrogens is 1. The van der Waals surface area contributed by atoms with Crippen molar-refractivity contribution >= 4 is 40.7 Å². The lowest BCUT2D eigenvalue weighted by atomic mass is 10.1. The van der Waals surface area contributed by atoms with Crippen molar-refractivity contribution in [3.05, 3.63) is 36.0 Å². The molecule has 9 nitrogen and oxygen atoms in total. The molecule has 3 N–H and O–H groups in total. The number of anilines is 3. The van der Waals surface area contributed by atoms with Gasteiger partial charge in [-0.2, -0.15) is 13.2 Å². The summed E-state index contributed by atoms with van der Waals surface area (Å²) in [6.07, 6.45) is -2.42. The minimum atomic E-state index is -4.54. The number of aromatic amines is 1. The zero-order valence-corrected chi connectivity index (χ0v) is 22.1. The first-order chi connectivity index (χ1) is 18.2. The van der Waals surface area contributed by atoms with Gasteiger partial charge in [-0.1, -0.05) is 0 Å². The molecule has 5 rings (SSSR count). The van der Waals surface area contributed by atoms with Crippen molar-refractivity contribution in [2.24, 2.45) is 0 Å². The third kappa shape index (κ3) is 5.36. The van der Waals surface area contributed by atoms with Gasteiger partial charge in [0.15, 0.2) is 0 Å². The van der Waals surface area contributed by atoms with Gasteiger partial charge in [0, 0.05) is 62.3 Å². The van der Waals surface area contributed by atoms with Crippen molar-refractivity contribution in [3.8, 4) is 5.75 Å². The van der Waals surface area contributed by atoms with E-state index in [1.807, 2.05) is 6.07 Å². The molecule has 206 valence electrons. The Bertz CT molecular complexity index is 1330. The van der Waals surface area contributed by atoms with E-state index in [1.165, 1.54) is 20.3 Å². The standard InChI is InChI=1S/C25H31F3N5O4P/c1-35-8-5-29-20-12-22(32-24-23(20)18(13-30-24)25(26,27)28)31-19-4-3-17(11-21(19)36-2)38(34)9-6-33(7-10-38)16-14-37-15-16/h3-4,11-13,16H,5-10,14-15H2,1-2H3,(H3,29,30,31,32). The van der Waals surface area contributed by atoms with E-state index >= 15 is 0 Å². The summed E-state index contributed by atoms with van der Waals surface area (Å²) in [4.78, 5) is 9.35. The number of pyridine rings is 1. The number of nitrogens with zero attached hydrogens (tertiary/aromatic N) is 2. The summed E-state index contributed by atoms with van der Waals surface area (Å²) in [5.74, 6) is 0.799. The minimum Gasteiger partial charge on any atom is -0.495 e. The van der Waals surface area contributed by atoms with Gasteiger partial charge in [0.25, 0.3) is 0 Å². The van der Waals surface area contributed by atoms with Crippen LogP contribution in [0, 0.1) is 0 Å². The van der Waals surface area contributed by atoms with E-state index in [9.17, 15) is 17.7 Å². The molecule has 0 amide bonds. The highest BCUT2D eigenvalue weighted by Gasteiger charge is 2.36. The Balaban J connectivity index is 1.40. The summed E-state index contributed by atoms with van der Waals surface area (Å²) in [7, 11) is 0.461. The van der Waals surface area contributed by atoms with E-state index in [0.717, 1.165) is 37.8 Å². The number of fused-ring (bicyclic) bond motifs is 1. The number of aromatic nitrogens is 2. The molecule has 2 fully saturated rings. The molecular formula is C25H31F3N5O4P. The zero-order chi connectivity index (χ0) is 26.9. The van der Waals surface area contributed by atoms with Gasteiger partial charge in [-0.3, -0.25) is 4.90 Å². The summed E-state index contributed by atoms with van der Waals surface area (Å²) >= 11 is 0. The summed E-state index contributed by atoms with van der Waals surface area (Å²) in [6, 6.07) is 7.35. The van der Waals surface area contributed by atoms with Crippen LogP contribution in [0.4, 0.5) is 30.4 Å². The van der Waals surface area contributed by atoms with E-state index in [1.54, 1.807) is 12.1 Å². The Morgan fingerprint density at radius 1 is 1.18 bits per heavy atom. The Kier molecular flexibility index (Phi) is 7.59. The number of hydrogen-bond donors (Lipinski definition) is 3. The lowest BCUT2D eigenvalue weighted by Gasteiger charge is -2.41. The SMILES string of the molecule is COCCNc1cc(Nc2ccc(P3(=O)CCN(C4COC4)CC3)cc2OC)nc2[nH]cc(C(F)(F)F)c12. The fourth-order valence-electron chi connectivity index (χ4n) is 4.89. The summed E-state index contributed by atoms with van der Waals surface area (Å²) < 4.78 is 70.5. The number of halogens is 3. The Morgan fingerprint density at radius 3 is 2.58 bits per heavy atom. The molecule has 0 aliphatic carbocycles. The van der Waals surface area contributed by atoms with Crippen molar-refractivity contribution in [1.82, 2.24) is 14.9 Å². The van der Waals surface area contributed by atoms with Crippen molar-refractivity contribution in [2.75, 3.05) is 76.6 Å². The number of hydrogen-bond acceptors (Lipinski definition) is 8. The van der Waals surface area contributed by atoms with Crippen LogP contribution >= 0.6 is 7.14 Å². The first kappa shape index (κ1) is 26.8. The van der Waals surface area contributed by atoms with Gasteiger partial charge in [0.1, 0.15) is 24.4 Å². The second-order valence-electron chi connectivity index (χ2n) is 9.47. The number of methoxy groups -OCH3 is 2. The lowest BCUT2D eigenvalue weighted by molar-refractivity contribution is -0.136. The first-order valence-electron chi connectivity index (χ1n) is 12.4. The normalized spacial score (nSPS) is 18.3. The van der Waals surface area contributed by atoms with Gasteiger partial charge in [-0.25, -0.2) is 4.98 Å². The summed E-state index contributed by atoms with van der Waals surface area (Å²) in [5, 5.41) is 6.88. The number of rotatable bonds is 9. The number of alkyl halides is 3. The predicted molar refractivity (Wildman–Crippen MR) is 141 cm³/mol. The quantitative estimate of drug-likeness (QED) is 0.269. The maximum atomic E-state index is 13.8. The van der Waals surface area contributed by atoms with Crippen LogP contribution in [0.25, 0.3) is 11.0 Å². The average Bonchev–Trinajstić information content (AvgIpc) is 3.30. The fourth-order valence-corrected chi connectivity index (χ4v) is 7.48. The van der Waals surface area contributed by atoms with Crippen molar-refractivity contribution < 1.29 is 31.9 Å². The van der Waals surface area contributed by atoms with E-state index in [-0.39, 0.29) is 16.7 Å². The summed E-state index contributed by atoms with van der Waals surface area (Å²) in [5.41, 5.74) is 0.122. The molecule has 38 heavy (non-hydrogen) atoms. The van der Waals surface area contributed by atoms with Crippen LogP contribution in [0.3, 0.4) is 0 Å². The fraction of sp³-hybridized carbons (Fsp3) is 0.480. The molecule has 0 saturated carbocycles. The van der Waals surface area contributed by atoms with Crippen LogP contribution in [0.2, 0.25) is 0 Å². The predicted octanol–water partition coefficient (Wildman–Crippen LogP) is 4.10. The van der Waals surface area contributed by atoms with Gasteiger partial charge in [0.05, 0.1) is 49.6 Å². The molecule has 2 saturated heterocycles. The molecule has 1 aromatic carbocycles. The molecule has 2 aromatic heterocycles. The third-order valence-electron chi connectivity index (χ3n) is 7.12. The second kappa shape index (κ2) is 10.8. The van der Waals surface area contributed by atoms with Gasteiger partial charge >= 0.3 is 6.18 Å². The largest absolute Gasteiger partial charge is 0.495 e. The highest BCUT2D eigenvalue weighted by atomic mass is 31.2. The lowest BCUT2D eigenvalue weighted by Crippen LogP contribution is -2.52. The van der Waals surface area contributed by atoms with E-state index < -0.39 is 18.9 Å². The minimum absolute atomic E-state index is 0.0423. The monoisotopic (exact) mass is 553 g/mol. The zero-order valence-electron chi connectivity index (χ0n) is 21.2. The number of benzene rings is 1. The molecule has 3 aromatic rings.